The molecule has 0 fully saturated rings. The van der Waals surface area contributed by atoms with Gasteiger partial charge in [-0.25, -0.2) is 4.79 Å². The summed E-state index contributed by atoms with van der Waals surface area (Å²) in [6.07, 6.45) is 4.05. The van der Waals surface area contributed by atoms with Crippen LogP contribution in [0.5, 0.6) is 0 Å². The third-order valence-corrected chi connectivity index (χ3v) is 3.95. The minimum Gasteiger partial charge on any atom is -0.443 e. The van der Waals surface area contributed by atoms with E-state index in [9.17, 15) is 4.79 Å². The third-order valence-electron chi connectivity index (χ3n) is 3.95. The van der Waals surface area contributed by atoms with Gasteiger partial charge in [-0.05, 0) is 70.7 Å². The summed E-state index contributed by atoms with van der Waals surface area (Å²) < 4.78 is 5.53. The van der Waals surface area contributed by atoms with Gasteiger partial charge >= 0.3 is 6.09 Å². The van der Waals surface area contributed by atoms with E-state index in [1.54, 1.807) is 4.90 Å². The summed E-state index contributed by atoms with van der Waals surface area (Å²) in [5.74, 6) is 0. The van der Waals surface area contributed by atoms with Crippen LogP contribution < -0.4 is 10.2 Å². The smallest absolute Gasteiger partial charge is 0.414 e. The second-order valence-electron chi connectivity index (χ2n) is 7.41. The van der Waals surface area contributed by atoms with E-state index < -0.39 is 5.60 Å². The Hall–Kier alpha value is -1.71. The number of hydrogen-bond acceptors (Lipinski definition) is 3. The van der Waals surface area contributed by atoms with Crippen LogP contribution in [0.1, 0.15) is 59.4 Å². The number of nitrogens with one attached hydrogen (secondary N) is 1. The van der Waals surface area contributed by atoms with Crippen molar-refractivity contribution in [1.29, 1.82) is 0 Å². The lowest BCUT2D eigenvalue weighted by Gasteiger charge is -2.32. The first kappa shape index (κ1) is 17.6. The van der Waals surface area contributed by atoms with Crippen LogP contribution in [0.2, 0.25) is 0 Å². The molecule has 1 unspecified atom stereocenters. The molecule has 128 valence electrons. The van der Waals surface area contributed by atoms with Crippen LogP contribution in [0.15, 0.2) is 18.2 Å². The highest BCUT2D eigenvalue weighted by Gasteiger charge is 2.27. The van der Waals surface area contributed by atoms with Crippen molar-refractivity contribution < 1.29 is 9.53 Å². The number of carbonyl (C=O) groups excluding carboxylic acids is 1. The molecular formula is C19H30N2O2. The molecule has 1 aliphatic heterocycles. The maximum Gasteiger partial charge on any atom is 0.414 e. The lowest BCUT2D eigenvalue weighted by Crippen LogP contribution is -2.39. The highest BCUT2D eigenvalue weighted by molar-refractivity contribution is 5.90. The van der Waals surface area contributed by atoms with Crippen molar-refractivity contribution in [2.45, 2.75) is 71.9 Å². The summed E-state index contributed by atoms with van der Waals surface area (Å²) in [6, 6.07) is 6.74. The average molecular weight is 318 g/mol. The van der Waals surface area contributed by atoms with Crippen LogP contribution in [-0.4, -0.2) is 24.3 Å². The summed E-state index contributed by atoms with van der Waals surface area (Å²) in [4.78, 5) is 14.2. The molecule has 2 rings (SSSR count). The number of fused-ring (bicyclic) bond motifs is 1. The SMILES string of the molecule is CCCC(C)Nc1ccc2c(c1)CCCN2C(=O)OC(C)(C)C. The van der Waals surface area contributed by atoms with E-state index in [0.29, 0.717) is 6.04 Å². The predicted octanol–water partition coefficient (Wildman–Crippen LogP) is 4.97. The van der Waals surface area contributed by atoms with Crippen LogP contribution in [0.25, 0.3) is 0 Å². The molecule has 1 aliphatic rings. The van der Waals surface area contributed by atoms with Gasteiger partial charge in [0.25, 0.3) is 0 Å². The molecule has 0 saturated heterocycles. The van der Waals surface area contributed by atoms with Crippen molar-refractivity contribution in [2.75, 3.05) is 16.8 Å². The number of carbonyl (C=O) groups is 1. The highest BCUT2D eigenvalue weighted by atomic mass is 16.6. The van der Waals surface area contributed by atoms with Gasteiger partial charge < -0.3 is 10.1 Å². The first-order valence-electron chi connectivity index (χ1n) is 8.70. The zero-order chi connectivity index (χ0) is 17.0. The van der Waals surface area contributed by atoms with Gasteiger partial charge in [-0.2, -0.15) is 0 Å². The molecule has 4 nitrogen and oxygen atoms in total. The molecule has 0 saturated carbocycles. The lowest BCUT2D eigenvalue weighted by atomic mass is 10.0. The van der Waals surface area contributed by atoms with Crippen molar-refractivity contribution >= 4 is 17.5 Å². The van der Waals surface area contributed by atoms with E-state index in [0.717, 1.165) is 37.2 Å². The van der Waals surface area contributed by atoms with Gasteiger partial charge in [-0.3, -0.25) is 4.90 Å². The number of rotatable bonds is 4. The van der Waals surface area contributed by atoms with Gasteiger partial charge in [0, 0.05) is 18.3 Å². The third kappa shape index (κ3) is 4.88. The summed E-state index contributed by atoms with van der Waals surface area (Å²) >= 11 is 0. The Kier molecular flexibility index (Phi) is 5.55. The fourth-order valence-corrected chi connectivity index (χ4v) is 2.98. The number of nitrogens with zero attached hydrogens (tertiary/aromatic N) is 1. The van der Waals surface area contributed by atoms with E-state index in [4.69, 9.17) is 4.74 Å². The van der Waals surface area contributed by atoms with E-state index >= 15 is 0 Å². The molecular weight excluding hydrogens is 288 g/mol. The lowest BCUT2D eigenvalue weighted by molar-refractivity contribution is 0.0578. The Bertz CT molecular complexity index is 549. The minimum absolute atomic E-state index is 0.251. The first-order chi connectivity index (χ1) is 10.8. The van der Waals surface area contributed by atoms with Crippen molar-refractivity contribution in [3.8, 4) is 0 Å². The standard InChI is InChI=1S/C19H30N2O2/c1-6-8-14(2)20-16-10-11-17-15(13-16)9-7-12-21(17)18(22)23-19(3,4)5/h10-11,13-14,20H,6-9,12H2,1-5H3. The van der Waals surface area contributed by atoms with Crippen LogP contribution in [0.4, 0.5) is 16.2 Å². The summed E-state index contributed by atoms with van der Waals surface area (Å²) in [7, 11) is 0. The van der Waals surface area contributed by atoms with Gasteiger partial charge in [-0.15, -0.1) is 0 Å². The van der Waals surface area contributed by atoms with Crippen molar-refractivity contribution in [1.82, 2.24) is 0 Å². The van der Waals surface area contributed by atoms with E-state index in [-0.39, 0.29) is 6.09 Å². The number of hydrogen-bond donors (Lipinski definition) is 1. The molecule has 1 N–H and O–H groups in total. The average Bonchev–Trinajstić information content (AvgIpc) is 2.44. The number of ether oxygens (including phenoxy) is 1. The maximum absolute atomic E-state index is 12.4. The Balaban J connectivity index is 2.15. The number of anilines is 2. The zero-order valence-corrected chi connectivity index (χ0v) is 15.1. The molecule has 1 atom stereocenters. The maximum atomic E-state index is 12.4. The second-order valence-corrected chi connectivity index (χ2v) is 7.41. The van der Waals surface area contributed by atoms with Crippen LogP contribution in [-0.2, 0) is 11.2 Å². The summed E-state index contributed by atoms with van der Waals surface area (Å²) in [6.45, 7) is 10.8. The van der Waals surface area contributed by atoms with Crippen molar-refractivity contribution in [3.63, 3.8) is 0 Å². The Morgan fingerprint density at radius 3 is 2.78 bits per heavy atom. The molecule has 23 heavy (non-hydrogen) atoms. The quantitative estimate of drug-likeness (QED) is 0.851. The fourth-order valence-electron chi connectivity index (χ4n) is 2.98. The molecule has 1 aromatic carbocycles. The molecule has 0 bridgehead atoms. The molecule has 1 aromatic rings. The molecule has 0 aromatic heterocycles. The van der Waals surface area contributed by atoms with Gasteiger partial charge in [0.05, 0.1) is 5.69 Å². The summed E-state index contributed by atoms with van der Waals surface area (Å²) in [5, 5.41) is 3.54. The van der Waals surface area contributed by atoms with Gasteiger partial charge in [0.1, 0.15) is 5.60 Å². The predicted molar refractivity (Wildman–Crippen MR) is 96.3 cm³/mol. The zero-order valence-electron chi connectivity index (χ0n) is 15.1. The van der Waals surface area contributed by atoms with E-state index in [2.05, 4.69) is 31.3 Å². The molecule has 0 radical (unpaired) electrons. The summed E-state index contributed by atoms with van der Waals surface area (Å²) in [5.41, 5.74) is 2.87. The first-order valence-corrected chi connectivity index (χ1v) is 8.70. The Morgan fingerprint density at radius 1 is 1.39 bits per heavy atom. The van der Waals surface area contributed by atoms with Gasteiger partial charge in [-0.1, -0.05) is 13.3 Å². The molecule has 4 heteroatoms. The van der Waals surface area contributed by atoms with Crippen LogP contribution in [0.3, 0.4) is 0 Å². The number of aryl methyl sites for hydroxylation is 1. The highest BCUT2D eigenvalue weighted by Crippen LogP contribution is 2.31. The largest absolute Gasteiger partial charge is 0.443 e. The monoisotopic (exact) mass is 318 g/mol. The normalized spacial score (nSPS) is 15.8. The Morgan fingerprint density at radius 2 is 2.13 bits per heavy atom. The molecule has 1 heterocycles. The molecule has 1 amide bonds. The number of benzene rings is 1. The van der Waals surface area contributed by atoms with Gasteiger partial charge in [0.15, 0.2) is 0 Å². The number of amides is 1. The minimum atomic E-state index is -0.466. The van der Waals surface area contributed by atoms with E-state index in [1.165, 1.54) is 12.0 Å². The van der Waals surface area contributed by atoms with E-state index in [1.807, 2.05) is 26.8 Å². The molecule has 0 aliphatic carbocycles. The second kappa shape index (κ2) is 7.24. The van der Waals surface area contributed by atoms with Gasteiger partial charge in [0.2, 0.25) is 0 Å². The van der Waals surface area contributed by atoms with Crippen molar-refractivity contribution in [2.24, 2.45) is 0 Å². The van der Waals surface area contributed by atoms with Crippen molar-refractivity contribution in [3.05, 3.63) is 23.8 Å². The van der Waals surface area contributed by atoms with Crippen LogP contribution in [0, 0.1) is 0 Å². The molecule has 0 spiro atoms. The fraction of sp³-hybridized carbons (Fsp3) is 0.632. The topological polar surface area (TPSA) is 41.6 Å². The Labute approximate surface area is 140 Å². The van der Waals surface area contributed by atoms with Crippen LogP contribution >= 0.6 is 0 Å².